The fraction of sp³-hybridized carbons (Fsp3) is 0.800. The summed E-state index contributed by atoms with van der Waals surface area (Å²) in [6.45, 7) is 7.96. The van der Waals surface area contributed by atoms with Crippen LogP contribution in [0.25, 0.3) is 0 Å². The Morgan fingerprint density at radius 1 is 1.33 bits per heavy atom. The smallest absolute Gasteiger partial charge is 0.108 e. The van der Waals surface area contributed by atoms with E-state index in [0.29, 0.717) is 5.41 Å². The van der Waals surface area contributed by atoms with Crippen LogP contribution in [0.5, 0.6) is 0 Å². The average molecular weight is 247 g/mol. The third kappa shape index (κ3) is 2.09. The Kier molecular flexibility index (Phi) is 3.18. The molecule has 0 bridgehead atoms. The van der Waals surface area contributed by atoms with Crippen LogP contribution < -0.4 is 5.32 Å². The number of hydrogen-bond acceptors (Lipinski definition) is 2. The molecule has 0 radical (unpaired) electrons. The minimum atomic E-state index is 0.517. The Morgan fingerprint density at radius 3 is 2.83 bits per heavy atom. The molecule has 0 aromatic carbocycles. The lowest BCUT2D eigenvalue weighted by Crippen LogP contribution is -2.27. The molecule has 0 spiro atoms. The summed E-state index contributed by atoms with van der Waals surface area (Å²) in [6.07, 6.45) is 7.82. The van der Waals surface area contributed by atoms with E-state index in [-0.39, 0.29) is 0 Å². The van der Waals surface area contributed by atoms with E-state index in [0.717, 1.165) is 25.9 Å². The van der Waals surface area contributed by atoms with Crippen molar-refractivity contribution in [3.63, 3.8) is 0 Å². The van der Waals surface area contributed by atoms with Crippen molar-refractivity contribution in [3.05, 3.63) is 17.2 Å². The number of hydrogen-bond donors (Lipinski definition) is 1. The van der Waals surface area contributed by atoms with Gasteiger partial charge in [-0.3, -0.25) is 0 Å². The van der Waals surface area contributed by atoms with Crippen LogP contribution in [0.2, 0.25) is 0 Å². The highest BCUT2D eigenvalue weighted by Crippen LogP contribution is 2.39. The molecule has 18 heavy (non-hydrogen) atoms. The number of aryl methyl sites for hydroxylation is 1. The molecule has 1 saturated carbocycles. The van der Waals surface area contributed by atoms with Crippen LogP contribution in [-0.2, 0) is 25.9 Å². The third-order valence-corrected chi connectivity index (χ3v) is 4.73. The second-order valence-electron chi connectivity index (χ2n) is 6.31. The first kappa shape index (κ1) is 12.2. The van der Waals surface area contributed by atoms with Crippen molar-refractivity contribution in [3.8, 4) is 0 Å². The predicted molar refractivity (Wildman–Crippen MR) is 73.6 cm³/mol. The Bertz CT molecular complexity index is 427. The number of nitrogens with zero attached hydrogens (tertiary/aromatic N) is 2. The molecule has 100 valence electrons. The summed E-state index contributed by atoms with van der Waals surface area (Å²) in [4.78, 5) is 4.84. The van der Waals surface area contributed by atoms with Gasteiger partial charge in [0, 0.05) is 38.2 Å². The Labute approximate surface area is 110 Å². The van der Waals surface area contributed by atoms with Crippen LogP contribution in [0.15, 0.2) is 0 Å². The van der Waals surface area contributed by atoms with Crippen molar-refractivity contribution in [1.29, 1.82) is 0 Å². The van der Waals surface area contributed by atoms with E-state index in [2.05, 4.69) is 23.7 Å². The zero-order valence-electron chi connectivity index (χ0n) is 11.8. The van der Waals surface area contributed by atoms with Crippen LogP contribution in [0.3, 0.4) is 0 Å². The molecular weight excluding hydrogens is 222 g/mol. The molecule has 2 heterocycles. The molecule has 2 aliphatic rings. The average Bonchev–Trinajstić information content (AvgIpc) is 2.95. The minimum Gasteiger partial charge on any atom is -0.331 e. The third-order valence-electron chi connectivity index (χ3n) is 4.73. The van der Waals surface area contributed by atoms with Crippen LogP contribution >= 0.6 is 0 Å². The molecule has 0 unspecified atom stereocenters. The van der Waals surface area contributed by atoms with Gasteiger partial charge in [-0.25, -0.2) is 4.98 Å². The summed E-state index contributed by atoms with van der Waals surface area (Å²) in [6, 6.07) is 0. The van der Waals surface area contributed by atoms with Crippen molar-refractivity contribution >= 4 is 0 Å². The van der Waals surface area contributed by atoms with Crippen molar-refractivity contribution in [1.82, 2.24) is 14.9 Å². The number of rotatable bonds is 3. The van der Waals surface area contributed by atoms with Gasteiger partial charge in [0.05, 0.1) is 5.69 Å². The quantitative estimate of drug-likeness (QED) is 0.890. The maximum atomic E-state index is 4.84. The molecule has 1 fully saturated rings. The highest BCUT2D eigenvalue weighted by molar-refractivity contribution is 5.20. The van der Waals surface area contributed by atoms with Gasteiger partial charge in [0.25, 0.3) is 0 Å². The highest BCUT2D eigenvalue weighted by atomic mass is 15.1. The second-order valence-corrected chi connectivity index (χ2v) is 6.31. The normalized spacial score (nSPS) is 22.1. The highest BCUT2D eigenvalue weighted by Gasteiger charge is 2.31. The molecular formula is C15H25N3. The van der Waals surface area contributed by atoms with Gasteiger partial charge < -0.3 is 9.88 Å². The number of nitrogens with one attached hydrogen (secondary N) is 1. The lowest BCUT2D eigenvalue weighted by atomic mass is 9.88. The number of imidazole rings is 1. The van der Waals surface area contributed by atoms with Crippen LogP contribution in [0.1, 0.15) is 56.7 Å². The van der Waals surface area contributed by atoms with Crippen molar-refractivity contribution in [2.45, 2.75) is 65.5 Å². The monoisotopic (exact) mass is 247 g/mol. The van der Waals surface area contributed by atoms with Crippen LogP contribution in [0.4, 0.5) is 0 Å². The van der Waals surface area contributed by atoms with Crippen LogP contribution in [0, 0.1) is 5.41 Å². The standard InChI is InChI=1S/C15H25N3/c1-3-14-17-12-10-16-9-6-13(12)18(14)11-15(2)7-4-5-8-15/h16H,3-11H2,1-2H3. The predicted octanol–water partition coefficient (Wildman–Crippen LogP) is 2.67. The molecule has 0 atom stereocenters. The zero-order valence-corrected chi connectivity index (χ0v) is 11.8. The first-order chi connectivity index (χ1) is 8.72. The molecule has 0 amide bonds. The molecule has 1 aliphatic carbocycles. The lowest BCUT2D eigenvalue weighted by molar-refractivity contribution is 0.273. The van der Waals surface area contributed by atoms with Gasteiger partial charge in [-0.1, -0.05) is 26.7 Å². The summed E-state index contributed by atoms with van der Waals surface area (Å²) < 4.78 is 2.56. The van der Waals surface area contributed by atoms with E-state index < -0.39 is 0 Å². The first-order valence-electron chi connectivity index (χ1n) is 7.50. The summed E-state index contributed by atoms with van der Waals surface area (Å²) in [5.74, 6) is 1.30. The van der Waals surface area contributed by atoms with Crippen LogP contribution in [-0.4, -0.2) is 16.1 Å². The topological polar surface area (TPSA) is 29.9 Å². The van der Waals surface area contributed by atoms with Gasteiger partial charge in [0.15, 0.2) is 0 Å². The molecule has 0 saturated heterocycles. The van der Waals surface area contributed by atoms with Gasteiger partial charge in [-0.05, 0) is 18.3 Å². The van der Waals surface area contributed by atoms with E-state index in [4.69, 9.17) is 4.98 Å². The maximum Gasteiger partial charge on any atom is 0.108 e. The fourth-order valence-electron chi connectivity index (χ4n) is 3.65. The SMILES string of the molecule is CCc1nc2c(n1CC1(C)CCCC1)CCNC2. The molecule has 1 aromatic heterocycles. The van der Waals surface area contributed by atoms with E-state index >= 15 is 0 Å². The molecule has 3 heteroatoms. The van der Waals surface area contributed by atoms with E-state index in [1.54, 1.807) is 0 Å². The second kappa shape index (κ2) is 4.69. The summed E-state index contributed by atoms with van der Waals surface area (Å²) in [5.41, 5.74) is 3.34. The van der Waals surface area contributed by atoms with E-state index in [1.165, 1.54) is 49.4 Å². The van der Waals surface area contributed by atoms with Gasteiger partial charge in [0.1, 0.15) is 5.82 Å². The maximum absolute atomic E-state index is 4.84. The number of aromatic nitrogens is 2. The fourth-order valence-corrected chi connectivity index (χ4v) is 3.65. The van der Waals surface area contributed by atoms with E-state index in [9.17, 15) is 0 Å². The Morgan fingerprint density at radius 2 is 2.11 bits per heavy atom. The molecule has 1 aliphatic heterocycles. The largest absolute Gasteiger partial charge is 0.331 e. The van der Waals surface area contributed by atoms with Crippen molar-refractivity contribution < 1.29 is 0 Å². The summed E-state index contributed by atoms with van der Waals surface area (Å²) >= 11 is 0. The number of fused-ring (bicyclic) bond motifs is 1. The lowest BCUT2D eigenvalue weighted by Gasteiger charge is -2.27. The van der Waals surface area contributed by atoms with Crippen molar-refractivity contribution in [2.75, 3.05) is 6.54 Å². The minimum absolute atomic E-state index is 0.517. The van der Waals surface area contributed by atoms with Crippen molar-refractivity contribution in [2.24, 2.45) is 5.41 Å². The van der Waals surface area contributed by atoms with Gasteiger partial charge in [-0.2, -0.15) is 0 Å². The molecule has 3 nitrogen and oxygen atoms in total. The molecule has 3 rings (SSSR count). The zero-order chi connectivity index (χ0) is 12.6. The van der Waals surface area contributed by atoms with Gasteiger partial charge in [0.2, 0.25) is 0 Å². The molecule has 1 aromatic rings. The summed E-state index contributed by atoms with van der Waals surface area (Å²) in [7, 11) is 0. The van der Waals surface area contributed by atoms with E-state index in [1.807, 2.05) is 0 Å². The Hall–Kier alpha value is -0.830. The molecule has 1 N–H and O–H groups in total. The van der Waals surface area contributed by atoms with Gasteiger partial charge >= 0.3 is 0 Å². The Balaban J connectivity index is 1.92. The van der Waals surface area contributed by atoms with Gasteiger partial charge in [-0.15, -0.1) is 0 Å². The first-order valence-corrected chi connectivity index (χ1v) is 7.50. The summed E-state index contributed by atoms with van der Waals surface area (Å²) in [5, 5.41) is 3.43.